The second-order valence-corrected chi connectivity index (χ2v) is 7.96. The number of aryl methyl sites for hydroxylation is 1. The van der Waals surface area contributed by atoms with Gasteiger partial charge >= 0.3 is 0 Å². The van der Waals surface area contributed by atoms with Crippen molar-refractivity contribution in [3.63, 3.8) is 0 Å². The number of nitrogens with zero attached hydrogens (tertiary/aromatic N) is 2. The molecule has 1 amide bonds. The second-order valence-electron chi connectivity index (χ2n) is 5.80. The number of carbonyl (C=O) groups is 1. The summed E-state index contributed by atoms with van der Waals surface area (Å²) in [5, 5.41) is 4.71. The van der Waals surface area contributed by atoms with Gasteiger partial charge in [-0.1, -0.05) is 18.2 Å². The monoisotopic (exact) mass is 397 g/mol. The Morgan fingerprint density at radius 2 is 2.11 bits per heavy atom. The number of hydrogen-bond acceptors (Lipinski definition) is 6. The van der Waals surface area contributed by atoms with Crippen LogP contribution in [0.25, 0.3) is 4.96 Å². The number of carbonyl (C=O) groups excluding carboxylic acids is 1. The number of thiazole rings is 1. The number of ether oxygens (including phenoxy) is 1. The lowest BCUT2D eigenvalue weighted by Crippen LogP contribution is -2.15. The Morgan fingerprint density at radius 1 is 1.26 bits per heavy atom. The summed E-state index contributed by atoms with van der Waals surface area (Å²) in [6.45, 7) is 2.07. The summed E-state index contributed by atoms with van der Waals surface area (Å²) in [6.07, 6.45) is 1.77. The number of anilines is 1. The van der Waals surface area contributed by atoms with Gasteiger partial charge in [-0.2, -0.15) is 0 Å². The van der Waals surface area contributed by atoms with Gasteiger partial charge in [0.25, 0.3) is 11.5 Å². The van der Waals surface area contributed by atoms with Crippen molar-refractivity contribution in [1.82, 2.24) is 9.38 Å². The lowest BCUT2D eigenvalue weighted by atomic mass is 10.3. The number of amides is 1. The van der Waals surface area contributed by atoms with Gasteiger partial charge in [0.05, 0.1) is 16.3 Å². The van der Waals surface area contributed by atoms with Gasteiger partial charge in [-0.25, -0.2) is 4.98 Å². The first-order valence-corrected chi connectivity index (χ1v) is 9.85. The number of rotatable bonds is 5. The van der Waals surface area contributed by atoms with Crippen molar-refractivity contribution in [3.8, 4) is 5.75 Å². The predicted octanol–water partition coefficient (Wildman–Crippen LogP) is 3.96. The van der Waals surface area contributed by atoms with Gasteiger partial charge in [0.2, 0.25) is 0 Å². The second kappa shape index (κ2) is 7.34. The third kappa shape index (κ3) is 3.76. The lowest BCUT2D eigenvalue weighted by molar-refractivity contribution is 0.103. The molecule has 0 radical (unpaired) electrons. The Kier molecular flexibility index (Phi) is 4.74. The van der Waals surface area contributed by atoms with Crippen molar-refractivity contribution in [2.24, 2.45) is 0 Å². The van der Waals surface area contributed by atoms with E-state index in [4.69, 9.17) is 4.74 Å². The van der Waals surface area contributed by atoms with Crippen LogP contribution in [0.5, 0.6) is 5.75 Å². The fourth-order valence-corrected chi connectivity index (χ4v) is 4.04. The van der Waals surface area contributed by atoms with Crippen LogP contribution >= 0.6 is 22.7 Å². The summed E-state index contributed by atoms with van der Waals surface area (Å²) in [6, 6.07) is 12.2. The van der Waals surface area contributed by atoms with E-state index in [1.165, 1.54) is 33.1 Å². The van der Waals surface area contributed by atoms with Crippen LogP contribution in [-0.2, 0) is 6.61 Å². The molecule has 1 aromatic carbocycles. The molecule has 1 N–H and O–H groups in total. The average molecular weight is 397 g/mol. The highest BCUT2D eigenvalue weighted by Crippen LogP contribution is 2.26. The molecule has 27 heavy (non-hydrogen) atoms. The van der Waals surface area contributed by atoms with Crippen LogP contribution in [-0.4, -0.2) is 15.3 Å². The zero-order valence-electron chi connectivity index (χ0n) is 14.3. The van der Waals surface area contributed by atoms with Crippen molar-refractivity contribution in [1.29, 1.82) is 0 Å². The number of benzene rings is 1. The fraction of sp³-hybridized carbons (Fsp3) is 0.105. The molecule has 0 aliphatic rings. The quantitative estimate of drug-likeness (QED) is 0.553. The summed E-state index contributed by atoms with van der Waals surface area (Å²) >= 11 is 2.82. The number of para-hydroxylation sites is 2. The lowest BCUT2D eigenvalue weighted by Gasteiger charge is -2.11. The molecule has 4 aromatic rings. The SMILES string of the molecule is Cc1cn2c(=O)cc(COc3ccccc3NC(=O)c3cccs3)nc2s1. The molecule has 0 bridgehead atoms. The first-order chi connectivity index (χ1) is 13.1. The summed E-state index contributed by atoms with van der Waals surface area (Å²) < 4.78 is 7.36. The van der Waals surface area contributed by atoms with Crippen LogP contribution in [0.2, 0.25) is 0 Å². The minimum Gasteiger partial charge on any atom is -0.485 e. The van der Waals surface area contributed by atoms with Crippen LogP contribution in [0.4, 0.5) is 5.69 Å². The molecule has 0 atom stereocenters. The minimum atomic E-state index is -0.187. The van der Waals surface area contributed by atoms with Gasteiger partial charge < -0.3 is 10.1 Å². The zero-order chi connectivity index (χ0) is 18.8. The first kappa shape index (κ1) is 17.4. The van der Waals surface area contributed by atoms with E-state index in [-0.39, 0.29) is 18.1 Å². The summed E-state index contributed by atoms with van der Waals surface area (Å²) in [5.74, 6) is 0.333. The highest BCUT2D eigenvalue weighted by Gasteiger charge is 2.11. The molecule has 0 unspecified atom stereocenters. The third-order valence-electron chi connectivity index (χ3n) is 3.79. The van der Waals surface area contributed by atoms with Crippen LogP contribution in [0.1, 0.15) is 20.2 Å². The largest absolute Gasteiger partial charge is 0.485 e. The van der Waals surface area contributed by atoms with E-state index in [0.29, 0.717) is 27.0 Å². The Labute approximate surface area is 162 Å². The number of hydrogen-bond donors (Lipinski definition) is 1. The maximum Gasteiger partial charge on any atom is 0.265 e. The third-order valence-corrected chi connectivity index (χ3v) is 5.56. The molecule has 0 aliphatic carbocycles. The van der Waals surface area contributed by atoms with E-state index in [1.807, 2.05) is 30.5 Å². The standard InChI is InChI=1S/C19H15N3O3S2/c1-12-10-22-17(23)9-13(20-19(22)27-12)11-25-15-6-3-2-5-14(15)21-18(24)16-7-4-8-26-16/h2-10H,11H2,1H3,(H,21,24). The van der Waals surface area contributed by atoms with Crippen molar-refractivity contribution in [2.75, 3.05) is 5.32 Å². The molecule has 0 aliphatic heterocycles. The van der Waals surface area contributed by atoms with Crippen molar-refractivity contribution in [3.05, 3.63) is 79.8 Å². The molecule has 0 spiro atoms. The molecular formula is C19H15N3O3S2. The Hall–Kier alpha value is -2.97. The van der Waals surface area contributed by atoms with E-state index in [0.717, 1.165) is 4.88 Å². The maximum atomic E-state index is 12.3. The number of aromatic nitrogens is 2. The van der Waals surface area contributed by atoms with E-state index < -0.39 is 0 Å². The van der Waals surface area contributed by atoms with Gasteiger partial charge in [-0.05, 0) is 30.5 Å². The van der Waals surface area contributed by atoms with Crippen molar-refractivity contribution >= 4 is 39.2 Å². The average Bonchev–Trinajstić information content (AvgIpc) is 3.30. The van der Waals surface area contributed by atoms with Gasteiger partial charge in [0.15, 0.2) is 4.96 Å². The number of nitrogens with one attached hydrogen (secondary N) is 1. The zero-order valence-corrected chi connectivity index (χ0v) is 16.0. The highest BCUT2D eigenvalue weighted by atomic mass is 32.1. The van der Waals surface area contributed by atoms with Gasteiger partial charge in [0, 0.05) is 17.1 Å². The Morgan fingerprint density at radius 3 is 2.93 bits per heavy atom. The van der Waals surface area contributed by atoms with E-state index in [1.54, 1.807) is 24.4 Å². The molecule has 4 rings (SSSR count). The summed E-state index contributed by atoms with van der Waals surface area (Å²) in [4.78, 5) is 31.2. The number of fused-ring (bicyclic) bond motifs is 1. The fourth-order valence-electron chi connectivity index (χ4n) is 2.57. The van der Waals surface area contributed by atoms with Crippen molar-refractivity contribution in [2.45, 2.75) is 13.5 Å². The summed E-state index contributed by atoms with van der Waals surface area (Å²) in [7, 11) is 0. The Bertz CT molecular complexity index is 1160. The predicted molar refractivity (Wildman–Crippen MR) is 107 cm³/mol. The molecule has 0 saturated carbocycles. The molecule has 0 fully saturated rings. The van der Waals surface area contributed by atoms with Crippen LogP contribution in [0, 0.1) is 6.92 Å². The van der Waals surface area contributed by atoms with E-state index in [9.17, 15) is 9.59 Å². The van der Waals surface area contributed by atoms with Crippen LogP contribution in [0.15, 0.2) is 58.8 Å². The van der Waals surface area contributed by atoms with Crippen molar-refractivity contribution < 1.29 is 9.53 Å². The smallest absolute Gasteiger partial charge is 0.265 e. The molecule has 0 saturated heterocycles. The molecule has 136 valence electrons. The molecular weight excluding hydrogens is 382 g/mol. The number of thiophene rings is 1. The van der Waals surface area contributed by atoms with E-state index in [2.05, 4.69) is 10.3 Å². The topological polar surface area (TPSA) is 72.7 Å². The first-order valence-electron chi connectivity index (χ1n) is 8.15. The minimum absolute atomic E-state index is 0.134. The molecule has 3 aromatic heterocycles. The van der Waals surface area contributed by atoms with Crippen LogP contribution in [0.3, 0.4) is 0 Å². The normalized spacial score (nSPS) is 10.9. The van der Waals surface area contributed by atoms with Gasteiger partial charge in [-0.3, -0.25) is 14.0 Å². The molecule has 3 heterocycles. The molecule has 8 heteroatoms. The van der Waals surface area contributed by atoms with Gasteiger partial charge in [-0.15, -0.1) is 22.7 Å². The highest BCUT2D eigenvalue weighted by molar-refractivity contribution is 7.16. The Balaban J connectivity index is 1.53. The summed E-state index contributed by atoms with van der Waals surface area (Å²) in [5.41, 5.74) is 0.976. The van der Waals surface area contributed by atoms with Gasteiger partial charge in [0.1, 0.15) is 12.4 Å². The van der Waals surface area contributed by atoms with E-state index >= 15 is 0 Å². The van der Waals surface area contributed by atoms with Crippen LogP contribution < -0.4 is 15.6 Å². The maximum absolute atomic E-state index is 12.3. The molecule has 6 nitrogen and oxygen atoms in total.